The zero-order chi connectivity index (χ0) is 15.9. The third-order valence-corrected chi connectivity index (χ3v) is 3.04. The molecular formula is C17H18N2O3. The quantitative estimate of drug-likeness (QED) is 0.859. The molecule has 3 N–H and O–H groups in total. The molecule has 0 aliphatic carbocycles. The Morgan fingerprint density at radius 1 is 1.14 bits per heavy atom. The predicted octanol–water partition coefficient (Wildman–Crippen LogP) is 2.37. The minimum atomic E-state index is -0.575. The number of carbonyl (C=O) groups is 2. The minimum absolute atomic E-state index is 0.189. The molecule has 0 atom stereocenters. The maximum atomic E-state index is 12.1. The molecule has 0 heterocycles. The number of hydrogen-bond acceptors (Lipinski definition) is 3. The Hall–Kier alpha value is -2.82. The number of rotatable bonds is 6. The van der Waals surface area contributed by atoms with Crippen molar-refractivity contribution >= 4 is 17.5 Å². The van der Waals surface area contributed by atoms with Gasteiger partial charge in [-0.3, -0.25) is 9.59 Å². The van der Waals surface area contributed by atoms with Gasteiger partial charge in [-0.2, -0.15) is 0 Å². The molecule has 114 valence electrons. The van der Waals surface area contributed by atoms with Gasteiger partial charge in [0.25, 0.3) is 5.91 Å². The van der Waals surface area contributed by atoms with E-state index in [4.69, 9.17) is 10.5 Å². The van der Waals surface area contributed by atoms with Crippen molar-refractivity contribution in [2.24, 2.45) is 5.73 Å². The Morgan fingerprint density at radius 3 is 2.64 bits per heavy atom. The van der Waals surface area contributed by atoms with E-state index in [1.165, 1.54) is 0 Å². The summed E-state index contributed by atoms with van der Waals surface area (Å²) in [4.78, 5) is 23.5. The van der Waals surface area contributed by atoms with E-state index in [-0.39, 0.29) is 12.3 Å². The number of para-hydroxylation sites is 1. The summed E-state index contributed by atoms with van der Waals surface area (Å²) in [5, 5.41) is 2.71. The topological polar surface area (TPSA) is 81.4 Å². The fraction of sp³-hybridized carbons (Fsp3) is 0.176. The van der Waals surface area contributed by atoms with E-state index in [0.717, 1.165) is 11.3 Å². The van der Waals surface area contributed by atoms with Crippen molar-refractivity contribution in [3.8, 4) is 5.75 Å². The number of amides is 2. The highest BCUT2D eigenvalue weighted by atomic mass is 16.5. The van der Waals surface area contributed by atoms with E-state index >= 15 is 0 Å². The Morgan fingerprint density at radius 2 is 1.91 bits per heavy atom. The molecule has 2 aromatic carbocycles. The summed E-state index contributed by atoms with van der Waals surface area (Å²) in [6, 6.07) is 14.0. The molecule has 0 aliphatic heterocycles. The standard InChI is InChI=1S/C17H18N2O3/c1-2-22-13-7-5-6-12(10-13)11-16(20)19-15-9-4-3-8-14(15)17(18)21/h3-10H,2,11H2,1H3,(H2,18,21)(H,19,20). The van der Waals surface area contributed by atoms with E-state index < -0.39 is 5.91 Å². The number of anilines is 1. The number of carbonyl (C=O) groups excluding carboxylic acids is 2. The Kier molecular flexibility index (Phi) is 5.14. The van der Waals surface area contributed by atoms with E-state index in [1.807, 2.05) is 31.2 Å². The number of primary amides is 1. The van der Waals surface area contributed by atoms with Gasteiger partial charge in [0.05, 0.1) is 24.3 Å². The second kappa shape index (κ2) is 7.26. The van der Waals surface area contributed by atoms with Gasteiger partial charge in [-0.1, -0.05) is 24.3 Å². The summed E-state index contributed by atoms with van der Waals surface area (Å²) in [7, 11) is 0. The highest BCUT2D eigenvalue weighted by Gasteiger charge is 2.11. The van der Waals surface area contributed by atoms with Crippen LogP contribution in [0.4, 0.5) is 5.69 Å². The maximum absolute atomic E-state index is 12.1. The Labute approximate surface area is 129 Å². The molecule has 0 saturated carbocycles. The molecular weight excluding hydrogens is 280 g/mol. The molecule has 0 bridgehead atoms. The molecule has 2 rings (SSSR count). The van der Waals surface area contributed by atoms with Gasteiger partial charge in [-0.15, -0.1) is 0 Å². The SMILES string of the molecule is CCOc1cccc(CC(=O)Nc2ccccc2C(N)=O)c1. The van der Waals surface area contributed by atoms with Gasteiger partial charge in [0.15, 0.2) is 0 Å². The van der Waals surface area contributed by atoms with Crippen LogP contribution in [0.25, 0.3) is 0 Å². The average Bonchev–Trinajstić information content (AvgIpc) is 2.48. The van der Waals surface area contributed by atoms with Gasteiger partial charge in [-0.05, 0) is 36.8 Å². The fourth-order valence-corrected chi connectivity index (χ4v) is 2.10. The van der Waals surface area contributed by atoms with Crippen LogP contribution in [0.15, 0.2) is 48.5 Å². The van der Waals surface area contributed by atoms with Gasteiger partial charge in [0, 0.05) is 0 Å². The smallest absolute Gasteiger partial charge is 0.250 e. The lowest BCUT2D eigenvalue weighted by Gasteiger charge is -2.09. The van der Waals surface area contributed by atoms with Crippen LogP contribution in [0.2, 0.25) is 0 Å². The van der Waals surface area contributed by atoms with Crippen LogP contribution >= 0.6 is 0 Å². The monoisotopic (exact) mass is 298 g/mol. The molecule has 0 spiro atoms. The Balaban J connectivity index is 2.07. The molecule has 0 aromatic heterocycles. The average molecular weight is 298 g/mol. The second-order valence-corrected chi connectivity index (χ2v) is 4.72. The van der Waals surface area contributed by atoms with Crippen molar-refractivity contribution in [2.45, 2.75) is 13.3 Å². The summed E-state index contributed by atoms with van der Waals surface area (Å²) >= 11 is 0. The molecule has 0 saturated heterocycles. The van der Waals surface area contributed by atoms with Crippen molar-refractivity contribution in [2.75, 3.05) is 11.9 Å². The molecule has 0 radical (unpaired) electrons. The first-order chi connectivity index (χ1) is 10.6. The molecule has 5 heteroatoms. The van der Waals surface area contributed by atoms with E-state index in [2.05, 4.69) is 5.32 Å². The zero-order valence-corrected chi connectivity index (χ0v) is 12.3. The van der Waals surface area contributed by atoms with Crippen molar-refractivity contribution in [1.29, 1.82) is 0 Å². The van der Waals surface area contributed by atoms with Crippen LogP contribution in [0.3, 0.4) is 0 Å². The van der Waals surface area contributed by atoms with Crippen molar-refractivity contribution in [3.63, 3.8) is 0 Å². The molecule has 5 nitrogen and oxygen atoms in total. The first kappa shape index (κ1) is 15.6. The molecule has 2 aromatic rings. The van der Waals surface area contributed by atoms with E-state index in [9.17, 15) is 9.59 Å². The third-order valence-electron chi connectivity index (χ3n) is 3.04. The van der Waals surface area contributed by atoms with E-state index in [0.29, 0.717) is 17.9 Å². The van der Waals surface area contributed by atoms with Gasteiger partial charge in [0.1, 0.15) is 5.75 Å². The molecule has 0 unspecified atom stereocenters. The van der Waals surface area contributed by atoms with Crippen LogP contribution in [-0.2, 0) is 11.2 Å². The number of nitrogens with two attached hydrogens (primary N) is 1. The number of benzene rings is 2. The lowest BCUT2D eigenvalue weighted by Crippen LogP contribution is -2.19. The van der Waals surface area contributed by atoms with Crippen molar-refractivity contribution in [3.05, 3.63) is 59.7 Å². The van der Waals surface area contributed by atoms with Gasteiger partial charge in [0.2, 0.25) is 5.91 Å². The number of ether oxygens (including phenoxy) is 1. The maximum Gasteiger partial charge on any atom is 0.250 e. The van der Waals surface area contributed by atoms with Gasteiger partial charge in [-0.25, -0.2) is 0 Å². The van der Waals surface area contributed by atoms with Crippen LogP contribution in [-0.4, -0.2) is 18.4 Å². The normalized spacial score (nSPS) is 10.0. The molecule has 0 fully saturated rings. The molecule has 2 amide bonds. The third kappa shape index (κ3) is 4.09. The summed E-state index contributed by atoms with van der Waals surface area (Å²) < 4.78 is 5.40. The zero-order valence-electron chi connectivity index (χ0n) is 12.3. The van der Waals surface area contributed by atoms with Crippen LogP contribution < -0.4 is 15.8 Å². The summed E-state index contributed by atoms with van der Waals surface area (Å²) in [6.45, 7) is 2.47. The lowest BCUT2D eigenvalue weighted by atomic mass is 10.1. The highest BCUT2D eigenvalue weighted by Crippen LogP contribution is 2.17. The summed E-state index contributed by atoms with van der Waals surface area (Å²) in [6.07, 6.45) is 0.189. The van der Waals surface area contributed by atoms with Crippen molar-refractivity contribution < 1.29 is 14.3 Å². The predicted molar refractivity (Wildman–Crippen MR) is 84.9 cm³/mol. The molecule has 22 heavy (non-hydrogen) atoms. The first-order valence-electron chi connectivity index (χ1n) is 7.00. The van der Waals surface area contributed by atoms with E-state index in [1.54, 1.807) is 24.3 Å². The number of nitrogens with one attached hydrogen (secondary N) is 1. The number of hydrogen-bond donors (Lipinski definition) is 2. The van der Waals surface area contributed by atoms with Crippen LogP contribution in [0.1, 0.15) is 22.8 Å². The van der Waals surface area contributed by atoms with Gasteiger partial charge < -0.3 is 15.8 Å². The van der Waals surface area contributed by atoms with Crippen LogP contribution in [0, 0.1) is 0 Å². The van der Waals surface area contributed by atoms with Crippen molar-refractivity contribution in [1.82, 2.24) is 0 Å². The summed E-state index contributed by atoms with van der Waals surface area (Å²) in [5.41, 5.74) is 6.83. The Bertz CT molecular complexity index is 683. The largest absolute Gasteiger partial charge is 0.494 e. The summed E-state index contributed by atoms with van der Waals surface area (Å²) in [5.74, 6) is -0.0677. The fourth-order valence-electron chi connectivity index (χ4n) is 2.10. The molecule has 0 aliphatic rings. The first-order valence-corrected chi connectivity index (χ1v) is 7.00. The van der Waals surface area contributed by atoms with Gasteiger partial charge >= 0.3 is 0 Å². The van der Waals surface area contributed by atoms with Crippen LogP contribution in [0.5, 0.6) is 5.75 Å². The lowest BCUT2D eigenvalue weighted by molar-refractivity contribution is -0.115. The minimum Gasteiger partial charge on any atom is -0.494 e. The highest BCUT2D eigenvalue weighted by molar-refractivity contribution is 6.03. The second-order valence-electron chi connectivity index (χ2n) is 4.72.